The van der Waals surface area contributed by atoms with Gasteiger partial charge in [0.05, 0.1) is 12.7 Å². The van der Waals surface area contributed by atoms with Crippen molar-refractivity contribution in [3.63, 3.8) is 0 Å². The van der Waals surface area contributed by atoms with E-state index in [4.69, 9.17) is 4.84 Å². The van der Waals surface area contributed by atoms with Crippen molar-refractivity contribution in [1.82, 2.24) is 5.48 Å². The van der Waals surface area contributed by atoms with Crippen molar-refractivity contribution in [3.05, 3.63) is 77.0 Å². The molecule has 0 saturated heterocycles. The fraction of sp³-hybridized carbons (Fsp3) is 0.0588. The zero-order valence-corrected chi connectivity index (χ0v) is 12.6. The molecular weight excluding hydrogens is 320 g/mol. The van der Waals surface area contributed by atoms with Crippen LogP contribution in [0.2, 0.25) is 0 Å². The number of ether oxygens (including phenoxy) is 1. The summed E-state index contributed by atoms with van der Waals surface area (Å²) < 4.78 is 30.9. The van der Waals surface area contributed by atoms with Gasteiger partial charge in [-0.3, -0.25) is 0 Å². The van der Waals surface area contributed by atoms with Crippen LogP contribution in [-0.4, -0.2) is 19.0 Å². The Kier molecular flexibility index (Phi) is 5.62. The number of hydrogen-bond acceptors (Lipinski definition) is 5. The second-order valence-electron chi connectivity index (χ2n) is 4.61. The molecule has 0 unspecified atom stereocenters. The molecule has 1 N–H and O–H groups in total. The lowest BCUT2D eigenvalue weighted by molar-refractivity contribution is -0.137. The van der Waals surface area contributed by atoms with Gasteiger partial charge in [-0.25, -0.2) is 23.9 Å². The number of esters is 1. The monoisotopic (exact) mass is 333 g/mol. The van der Waals surface area contributed by atoms with E-state index in [1.807, 2.05) is 0 Å². The fourth-order valence-corrected chi connectivity index (χ4v) is 1.80. The summed E-state index contributed by atoms with van der Waals surface area (Å²) in [4.78, 5) is 28.3. The van der Waals surface area contributed by atoms with Crippen molar-refractivity contribution in [2.45, 2.75) is 0 Å². The Balaban J connectivity index is 2.18. The first-order valence-corrected chi connectivity index (χ1v) is 6.78. The van der Waals surface area contributed by atoms with E-state index in [1.54, 1.807) is 18.2 Å². The largest absolute Gasteiger partial charge is 0.464 e. The minimum Gasteiger partial charge on any atom is -0.464 e. The van der Waals surface area contributed by atoms with E-state index in [-0.39, 0.29) is 16.8 Å². The Bertz CT molecular complexity index is 755. The first-order valence-electron chi connectivity index (χ1n) is 6.78. The summed E-state index contributed by atoms with van der Waals surface area (Å²) in [6, 6.07) is 10.8. The molecule has 7 heteroatoms. The van der Waals surface area contributed by atoms with E-state index >= 15 is 0 Å². The number of hydroxylamine groups is 1. The molecule has 0 fully saturated rings. The van der Waals surface area contributed by atoms with E-state index in [2.05, 4.69) is 10.2 Å². The standard InChI is InChI=1S/C17H13F2NO4/c1-23-17(22)15(9-11-7-13(18)10-14(19)8-11)20-24-16(21)12-5-3-2-4-6-12/h2-10,20H,1H3/b15-9-. The predicted molar refractivity (Wildman–Crippen MR) is 81.3 cm³/mol. The number of hydrogen-bond donors (Lipinski definition) is 1. The number of halogens is 2. The Morgan fingerprint density at radius 3 is 2.25 bits per heavy atom. The lowest BCUT2D eigenvalue weighted by Gasteiger charge is -2.09. The predicted octanol–water partition coefficient (Wildman–Crippen LogP) is 2.84. The van der Waals surface area contributed by atoms with Gasteiger partial charge in [-0.15, -0.1) is 0 Å². The average Bonchev–Trinajstić information content (AvgIpc) is 2.57. The van der Waals surface area contributed by atoms with Crippen LogP contribution < -0.4 is 5.48 Å². The molecule has 0 aliphatic carbocycles. The molecule has 0 saturated carbocycles. The van der Waals surface area contributed by atoms with Crippen molar-refractivity contribution >= 4 is 18.0 Å². The lowest BCUT2D eigenvalue weighted by Crippen LogP contribution is -2.25. The quantitative estimate of drug-likeness (QED) is 0.518. The van der Waals surface area contributed by atoms with Gasteiger partial charge in [-0.2, -0.15) is 0 Å². The smallest absolute Gasteiger partial charge is 0.362 e. The third-order valence-electron chi connectivity index (χ3n) is 2.86. The van der Waals surface area contributed by atoms with Crippen molar-refractivity contribution in [2.24, 2.45) is 0 Å². The zero-order chi connectivity index (χ0) is 17.5. The van der Waals surface area contributed by atoms with Crippen LogP contribution in [0.1, 0.15) is 15.9 Å². The van der Waals surface area contributed by atoms with E-state index < -0.39 is 23.6 Å². The number of carbonyl (C=O) groups excluding carboxylic acids is 2. The summed E-state index contributed by atoms with van der Waals surface area (Å²) in [5.41, 5.74) is 2.16. The molecule has 2 aromatic carbocycles. The summed E-state index contributed by atoms with van der Waals surface area (Å²) in [6.45, 7) is 0. The van der Waals surface area contributed by atoms with Crippen LogP contribution in [0.5, 0.6) is 0 Å². The highest BCUT2D eigenvalue weighted by Gasteiger charge is 2.14. The maximum atomic E-state index is 13.2. The molecule has 0 atom stereocenters. The van der Waals surface area contributed by atoms with Crippen molar-refractivity contribution in [2.75, 3.05) is 7.11 Å². The third-order valence-corrected chi connectivity index (χ3v) is 2.86. The molecule has 24 heavy (non-hydrogen) atoms. The molecular formula is C17H13F2NO4. The summed E-state index contributed by atoms with van der Waals surface area (Å²) in [5, 5.41) is 0. The minimum atomic E-state index is -0.875. The second-order valence-corrected chi connectivity index (χ2v) is 4.61. The van der Waals surface area contributed by atoms with Gasteiger partial charge in [0.1, 0.15) is 11.6 Å². The highest BCUT2D eigenvalue weighted by molar-refractivity contribution is 5.94. The molecule has 2 aromatic rings. The summed E-state index contributed by atoms with van der Waals surface area (Å²) >= 11 is 0. The Morgan fingerprint density at radius 2 is 1.67 bits per heavy atom. The molecule has 0 amide bonds. The van der Waals surface area contributed by atoms with Gasteiger partial charge in [-0.05, 0) is 35.9 Å². The SMILES string of the molecule is COC(=O)/C(=C/c1cc(F)cc(F)c1)NOC(=O)c1ccccc1. The molecule has 2 rings (SSSR count). The molecule has 0 spiro atoms. The molecule has 124 valence electrons. The highest BCUT2D eigenvalue weighted by Crippen LogP contribution is 2.12. The van der Waals surface area contributed by atoms with Crippen LogP contribution in [0.25, 0.3) is 6.08 Å². The van der Waals surface area contributed by atoms with Gasteiger partial charge in [-0.1, -0.05) is 18.2 Å². The first kappa shape index (κ1) is 17.1. The topological polar surface area (TPSA) is 64.6 Å². The summed E-state index contributed by atoms with van der Waals surface area (Å²) in [5.74, 6) is -3.24. The molecule has 0 heterocycles. The highest BCUT2D eigenvalue weighted by atomic mass is 19.1. The van der Waals surface area contributed by atoms with E-state index in [1.165, 1.54) is 12.1 Å². The average molecular weight is 333 g/mol. The number of benzene rings is 2. The van der Waals surface area contributed by atoms with E-state index in [9.17, 15) is 18.4 Å². The van der Waals surface area contributed by atoms with Gasteiger partial charge in [0.2, 0.25) is 0 Å². The van der Waals surface area contributed by atoms with Gasteiger partial charge < -0.3 is 9.57 Å². The van der Waals surface area contributed by atoms with Gasteiger partial charge >= 0.3 is 11.9 Å². The molecule has 0 aliphatic heterocycles. The normalized spacial score (nSPS) is 10.9. The summed E-state index contributed by atoms with van der Waals surface area (Å²) in [7, 11) is 1.11. The second kappa shape index (κ2) is 7.87. The number of methoxy groups -OCH3 is 1. The molecule has 0 bridgehead atoms. The van der Waals surface area contributed by atoms with Crippen LogP contribution in [-0.2, 0) is 14.4 Å². The third kappa shape index (κ3) is 4.64. The van der Waals surface area contributed by atoms with Crippen LogP contribution >= 0.6 is 0 Å². The Hall–Kier alpha value is -3.22. The minimum absolute atomic E-state index is 0.0520. The number of rotatable bonds is 5. The van der Waals surface area contributed by atoms with Crippen LogP contribution in [0.3, 0.4) is 0 Å². The number of nitrogens with one attached hydrogen (secondary N) is 1. The zero-order valence-electron chi connectivity index (χ0n) is 12.6. The molecule has 0 radical (unpaired) electrons. The first-order chi connectivity index (χ1) is 11.5. The maximum absolute atomic E-state index is 13.2. The van der Waals surface area contributed by atoms with Crippen molar-refractivity contribution in [3.8, 4) is 0 Å². The summed E-state index contributed by atoms with van der Waals surface area (Å²) in [6.07, 6.45) is 1.09. The van der Waals surface area contributed by atoms with Crippen LogP contribution in [0.15, 0.2) is 54.2 Å². The van der Waals surface area contributed by atoms with Crippen LogP contribution in [0, 0.1) is 11.6 Å². The fourth-order valence-electron chi connectivity index (χ4n) is 1.80. The molecule has 5 nitrogen and oxygen atoms in total. The Morgan fingerprint density at radius 1 is 1.04 bits per heavy atom. The Labute approximate surface area is 136 Å². The van der Waals surface area contributed by atoms with Gasteiger partial charge in [0.15, 0.2) is 5.70 Å². The maximum Gasteiger partial charge on any atom is 0.362 e. The molecule has 0 aliphatic rings. The van der Waals surface area contributed by atoms with E-state index in [0.29, 0.717) is 6.07 Å². The van der Waals surface area contributed by atoms with Crippen LogP contribution in [0.4, 0.5) is 8.78 Å². The number of carbonyl (C=O) groups is 2. The van der Waals surface area contributed by atoms with E-state index in [0.717, 1.165) is 25.3 Å². The lowest BCUT2D eigenvalue weighted by atomic mass is 10.2. The van der Waals surface area contributed by atoms with Crippen molar-refractivity contribution in [1.29, 1.82) is 0 Å². The van der Waals surface area contributed by atoms with Gasteiger partial charge in [0.25, 0.3) is 0 Å². The molecule has 0 aromatic heterocycles. The van der Waals surface area contributed by atoms with Gasteiger partial charge in [0, 0.05) is 6.07 Å². The van der Waals surface area contributed by atoms with Crippen molar-refractivity contribution < 1.29 is 27.9 Å².